The molecule has 2 N–H and O–H groups in total. The van der Waals surface area contributed by atoms with Crippen LogP contribution in [-0.2, 0) is 10.0 Å². The first-order chi connectivity index (χ1) is 8.35. The summed E-state index contributed by atoms with van der Waals surface area (Å²) >= 11 is 0. The van der Waals surface area contributed by atoms with Crippen molar-refractivity contribution in [3.63, 3.8) is 0 Å². The molecule has 1 aliphatic rings. The van der Waals surface area contributed by atoms with Crippen molar-refractivity contribution >= 4 is 15.8 Å². The number of aromatic nitrogens is 1. The van der Waals surface area contributed by atoms with Crippen LogP contribution in [0.3, 0.4) is 0 Å². The normalized spacial score (nSPS) is 16.6. The zero-order chi connectivity index (χ0) is 13.4. The third kappa shape index (κ3) is 2.81. The fourth-order valence-corrected chi connectivity index (χ4v) is 3.49. The van der Waals surface area contributed by atoms with Gasteiger partial charge in [-0.2, -0.15) is 0 Å². The van der Waals surface area contributed by atoms with E-state index in [2.05, 4.69) is 15.0 Å². The largest absolute Gasteiger partial charge is 0.373 e. The average Bonchev–Trinajstić information content (AvgIpc) is 3.12. The lowest BCUT2D eigenvalue weighted by Gasteiger charge is -2.25. The van der Waals surface area contributed by atoms with Crippen molar-refractivity contribution in [1.29, 1.82) is 0 Å². The molecule has 0 radical (unpaired) electrons. The molecule has 0 spiro atoms. The summed E-state index contributed by atoms with van der Waals surface area (Å²) in [7, 11) is -1.78. The summed E-state index contributed by atoms with van der Waals surface area (Å²) in [5, 5.41) is 2.83. The number of pyridine rings is 1. The Balaban J connectivity index is 2.24. The van der Waals surface area contributed by atoms with Crippen molar-refractivity contribution in [3.8, 4) is 0 Å². The SMILES string of the molecule is CNc1cc(S(=O)(=O)NC(C)(C)C2CC2)ccn1. The van der Waals surface area contributed by atoms with Crippen LogP contribution in [0.1, 0.15) is 26.7 Å². The Morgan fingerprint density at radius 3 is 2.61 bits per heavy atom. The first-order valence-corrected chi connectivity index (χ1v) is 7.51. The molecule has 2 rings (SSSR count). The number of anilines is 1. The van der Waals surface area contributed by atoms with Crippen LogP contribution in [0.4, 0.5) is 5.82 Å². The fraction of sp³-hybridized carbons (Fsp3) is 0.583. The number of rotatable bonds is 5. The van der Waals surface area contributed by atoms with E-state index in [4.69, 9.17) is 0 Å². The molecule has 1 aromatic heterocycles. The maximum Gasteiger partial charge on any atom is 0.241 e. The van der Waals surface area contributed by atoms with E-state index in [1.165, 1.54) is 18.3 Å². The summed E-state index contributed by atoms with van der Waals surface area (Å²) < 4.78 is 27.3. The zero-order valence-electron chi connectivity index (χ0n) is 10.9. The van der Waals surface area contributed by atoms with Gasteiger partial charge in [0.15, 0.2) is 0 Å². The molecule has 0 saturated heterocycles. The maximum absolute atomic E-state index is 12.3. The molecule has 1 fully saturated rings. The van der Waals surface area contributed by atoms with Gasteiger partial charge < -0.3 is 5.32 Å². The minimum atomic E-state index is -3.49. The minimum absolute atomic E-state index is 0.246. The minimum Gasteiger partial charge on any atom is -0.373 e. The summed E-state index contributed by atoms with van der Waals surface area (Å²) in [6.07, 6.45) is 3.67. The van der Waals surface area contributed by atoms with E-state index in [0.29, 0.717) is 11.7 Å². The van der Waals surface area contributed by atoms with Gasteiger partial charge in [-0.05, 0) is 38.7 Å². The lowest BCUT2D eigenvalue weighted by Crippen LogP contribution is -2.45. The van der Waals surface area contributed by atoms with E-state index in [-0.39, 0.29) is 10.4 Å². The van der Waals surface area contributed by atoms with Crippen LogP contribution in [0, 0.1) is 5.92 Å². The summed E-state index contributed by atoms with van der Waals surface area (Å²) in [4.78, 5) is 4.26. The molecule has 0 atom stereocenters. The van der Waals surface area contributed by atoms with E-state index in [1.54, 1.807) is 7.05 Å². The molecule has 0 amide bonds. The molecule has 1 saturated carbocycles. The molecule has 1 aliphatic carbocycles. The highest BCUT2D eigenvalue weighted by atomic mass is 32.2. The summed E-state index contributed by atoms with van der Waals surface area (Å²) in [6.45, 7) is 3.87. The van der Waals surface area contributed by atoms with Crippen LogP contribution in [0.5, 0.6) is 0 Å². The summed E-state index contributed by atoms with van der Waals surface area (Å²) in [6, 6.07) is 3.04. The Bertz CT molecular complexity index is 536. The zero-order valence-corrected chi connectivity index (χ0v) is 11.7. The molecule has 1 aromatic rings. The van der Waals surface area contributed by atoms with E-state index < -0.39 is 10.0 Å². The molecular formula is C12H19N3O2S. The lowest BCUT2D eigenvalue weighted by atomic mass is 10.0. The molecule has 100 valence electrons. The van der Waals surface area contributed by atoms with Crippen molar-refractivity contribution in [2.75, 3.05) is 12.4 Å². The fourth-order valence-electron chi connectivity index (χ4n) is 2.01. The second-order valence-corrected chi connectivity index (χ2v) is 6.91. The second-order valence-electron chi connectivity index (χ2n) is 5.23. The summed E-state index contributed by atoms with van der Waals surface area (Å²) in [5.41, 5.74) is -0.387. The number of nitrogens with zero attached hydrogens (tertiary/aromatic N) is 1. The topological polar surface area (TPSA) is 71.1 Å². The number of nitrogens with one attached hydrogen (secondary N) is 2. The molecule has 0 aromatic carbocycles. The average molecular weight is 269 g/mol. The van der Waals surface area contributed by atoms with E-state index >= 15 is 0 Å². The van der Waals surface area contributed by atoms with Gasteiger partial charge in [-0.3, -0.25) is 0 Å². The molecule has 6 heteroatoms. The maximum atomic E-state index is 12.3. The van der Waals surface area contributed by atoms with Gasteiger partial charge in [0.25, 0.3) is 0 Å². The lowest BCUT2D eigenvalue weighted by molar-refractivity contribution is 0.400. The van der Waals surface area contributed by atoms with Gasteiger partial charge in [0, 0.05) is 24.8 Å². The first-order valence-electron chi connectivity index (χ1n) is 6.03. The third-order valence-corrected chi connectivity index (χ3v) is 4.96. The molecule has 0 unspecified atom stereocenters. The quantitative estimate of drug-likeness (QED) is 0.851. The van der Waals surface area contributed by atoms with E-state index in [1.807, 2.05) is 13.8 Å². The highest BCUT2D eigenvalue weighted by Crippen LogP contribution is 2.39. The smallest absolute Gasteiger partial charge is 0.241 e. The van der Waals surface area contributed by atoms with Crippen LogP contribution in [0.2, 0.25) is 0 Å². The Hall–Kier alpha value is -1.14. The van der Waals surface area contributed by atoms with Crippen molar-refractivity contribution in [2.45, 2.75) is 37.1 Å². The van der Waals surface area contributed by atoms with Crippen molar-refractivity contribution in [1.82, 2.24) is 9.71 Å². The molecule has 18 heavy (non-hydrogen) atoms. The van der Waals surface area contributed by atoms with Crippen LogP contribution >= 0.6 is 0 Å². The van der Waals surface area contributed by atoms with Crippen LogP contribution in [0.25, 0.3) is 0 Å². The van der Waals surface area contributed by atoms with Gasteiger partial charge in [-0.1, -0.05) is 0 Å². The van der Waals surface area contributed by atoms with Crippen LogP contribution < -0.4 is 10.0 Å². The number of hydrogen-bond acceptors (Lipinski definition) is 4. The first kappa shape index (κ1) is 13.3. The monoisotopic (exact) mass is 269 g/mol. The van der Waals surface area contributed by atoms with Gasteiger partial charge in [0.2, 0.25) is 10.0 Å². The number of hydrogen-bond donors (Lipinski definition) is 2. The van der Waals surface area contributed by atoms with Crippen molar-refractivity contribution in [3.05, 3.63) is 18.3 Å². The Morgan fingerprint density at radius 2 is 2.06 bits per heavy atom. The van der Waals surface area contributed by atoms with E-state index in [9.17, 15) is 8.42 Å². The highest BCUT2D eigenvalue weighted by molar-refractivity contribution is 7.89. The van der Waals surface area contributed by atoms with E-state index in [0.717, 1.165) is 12.8 Å². The van der Waals surface area contributed by atoms with Crippen molar-refractivity contribution < 1.29 is 8.42 Å². The Kier molecular flexibility index (Phi) is 3.33. The van der Waals surface area contributed by atoms with Gasteiger partial charge in [-0.15, -0.1) is 0 Å². The molecular weight excluding hydrogens is 250 g/mol. The Morgan fingerprint density at radius 1 is 1.39 bits per heavy atom. The highest BCUT2D eigenvalue weighted by Gasteiger charge is 2.40. The molecule has 0 aliphatic heterocycles. The van der Waals surface area contributed by atoms with Gasteiger partial charge in [0.05, 0.1) is 4.90 Å². The standard InChI is InChI=1S/C12H19N3O2S/c1-12(2,9-4-5-9)15-18(16,17)10-6-7-14-11(8-10)13-3/h6-9,15H,4-5H2,1-3H3,(H,13,14). The summed E-state index contributed by atoms with van der Waals surface area (Å²) in [5.74, 6) is 0.986. The predicted octanol–water partition coefficient (Wildman–Crippen LogP) is 1.59. The third-order valence-electron chi connectivity index (χ3n) is 3.29. The van der Waals surface area contributed by atoms with Crippen LogP contribution in [0.15, 0.2) is 23.2 Å². The molecule has 5 nitrogen and oxygen atoms in total. The second kappa shape index (κ2) is 4.51. The van der Waals surface area contributed by atoms with Gasteiger partial charge >= 0.3 is 0 Å². The van der Waals surface area contributed by atoms with Gasteiger partial charge in [-0.25, -0.2) is 18.1 Å². The molecule has 0 bridgehead atoms. The van der Waals surface area contributed by atoms with Crippen molar-refractivity contribution in [2.24, 2.45) is 5.92 Å². The number of sulfonamides is 1. The molecule has 1 heterocycles. The van der Waals surface area contributed by atoms with Gasteiger partial charge in [0.1, 0.15) is 5.82 Å². The Labute approximate surface area is 108 Å². The van der Waals surface area contributed by atoms with Crippen LogP contribution in [-0.4, -0.2) is 26.0 Å². The predicted molar refractivity (Wildman–Crippen MR) is 70.9 cm³/mol.